The van der Waals surface area contributed by atoms with E-state index >= 15 is 0 Å². The maximum absolute atomic E-state index is 11.8. The zero-order chi connectivity index (χ0) is 12.9. The van der Waals surface area contributed by atoms with Gasteiger partial charge in [0, 0.05) is 19.5 Å². The molecule has 0 spiro atoms. The average molecular weight is 252 g/mol. The summed E-state index contributed by atoms with van der Waals surface area (Å²) in [5.41, 5.74) is 0. The lowest BCUT2D eigenvalue weighted by Gasteiger charge is -2.16. The highest BCUT2D eigenvalue weighted by atomic mass is 19.4. The molecule has 1 saturated carbocycles. The van der Waals surface area contributed by atoms with E-state index < -0.39 is 12.6 Å². The van der Waals surface area contributed by atoms with Crippen LogP contribution in [0, 0.1) is 0 Å². The van der Waals surface area contributed by atoms with E-state index in [9.17, 15) is 18.0 Å². The standard InChI is InChI=1S/C11H19F3N2O/c1-16(9-4-5-9)10(17)8-15-7-3-2-6-11(12,13)14/h9,15H,2-8H2,1H3. The molecule has 17 heavy (non-hydrogen) atoms. The van der Waals surface area contributed by atoms with Crippen molar-refractivity contribution >= 4 is 5.91 Å². The van der Waals surface area contributed by atoms with Crippen molar-refractivity contribution in [3.8, 4) is 0 Å². The summed E-state index contributed by atoms with van der Waals surface area (Å²) in [4.78, 5) is 13.2. The summed E-state index contributed by atoms with van der Waals surface area (Å²) in [5.74, 6) is 0.0170. The van der Waals surface area contributed by atoms with Gasteiger partial charge in [-0.15, -0.1) is 0 Å². The number of hydrogen-bond acceptors (Lipinski definition) is 2. The van der Waals surface area contributed by atoms with Crippen molar-refractivity contribution in [2.75, 3.05) is 20.1 Å². The van der Waals surface area contributed by atoms with E-state index in [1.54, 1.807) is 11.9 Å². The average Bonchev–Trinajstić information content (AvgIpc) is 3.03. The Kier molecular flexibility index (Phi) is 5.24. The summed E-state index contributed by atoms with van der Waals surface area (Å²) in [6.45, 7) is 0.680. The third kappa shape index (κ3) is 6.51. The molecule has 0 aromatic carbocycles. The first-order valence-electron chi connectivity index (χ1n) is 5.93. The molecule has 1 fully saturated rings. The Bertz CT molecular complexity index is 252. The van der Waals surface area contributed by atoms with Crippen molar-refractivity contribution in [2.24, 2.45) is 0 Å². The van der Waals surface area contributed by atoms with E-state index in [0.29, 0.717) is 19.0 Å². The van der Waals surface area contributed by atoms with Crippen LogP contribution in [0.4, 0.5) is 13.2 Å². The van der Waals surface area contributed by atoms with Crippen LogP contribution in [0.25, 0.3) is 0 Å². The molecule has 0 aromatic heterocycles. The van der Waals surface area contributed by atoms with Gasteiger partial charge in [-0.2, -0.15) is 13.2 Å². The van der Waals surface area contributed by atoms with Crippen molar-refractivity contribution in [3.05, 3.63) is 0 Å². The third-order valence-electron chi connectivity index (χ3n) is 2.83. The predicted molar refractivity (Wildman–Crippen MR) is 58.6 cm³/mol. The van der Waals surface area contributed by atoms with Gasteiger partial charge in [-0.05, 0) is 32.2 Å². The second-order valence-electron chi connectivity index (χ2n) is 4.48. The molecule has 1 rings (SSSR count). The van der Waals surface area contributed by atoms with Crippen LogP contribution in [0.2, 0.25) is 0 Å². The fourth-order valence-corrected chi connectivity index (χ4v) is 1.56. The van der Waals surface area contributed by atoms with Gasteiger partial charge in [-0.1, -0.05) is 0 Å². The number of nitrogens with one attached hydrogen (secondary N) is 1. The van der Waals surface area contributed by atoms with Crippen molar-refractivity contribution in [1.29, 1.82) is 0 Å². The minimum absolute atomic E-state index is 0.0170. The monoisotopic (exact) mass is 252 g/mol. The molecule has 0 heterocycles. The minimum Gasteiger partial charge on any atom is -0.342 e. The quantitative estimate of drug-likeness (QED) is 0.702. The van der Waals surface area contributed by atoms with Gasteiger partial charge in [0.05, 0.1) is 6.54 Å². The second-order valence-corrected chi connectivity index (χ2v) is 4.48. The first kappa shape index (κ1) is 14.3. The van der Waals surface area contributed by atoms with Crippen LogP contribution in [0.1, 0.15) is 32.1 Å². The molecule has 0 bridgehead atoms. The molecule has 0 atom stereocenters. The van der Waals surface area contributed by atoms with Crippen LogP contribution in [-0.2, 0) is 4.79 Å². The molecular weight excluding hydrogens is 233 g/mol. The molecule has 0 aromatic rings. The van der Waals surface area contributed by atoms with Crippen molar-refractivity contribution in [1.82, 2.24) is 10.2 Å². The highest BCUT2D eigenvalue weighted by Gasteiger charge is 2.29. The Morgan fingerprint density at radius 3 is 2.53 bits per heavy atom. The lowest BCUT2D eigenvalue weighted by molar-refractivity contribution is -0.135. The Morgan fingerprint density at radius 1 is 1.35 bits per heavy atom. The number of carbonyl (C=O) groups excluding carboxylic acids is 1. The maximum atomic E-state index is 11.8. The molecule has 1 aliphatic carbocycles. The number of hydrogen-bond donors (Lipinski definition) is 1. The van der Waals surface area contributed by atoms with Gasteiger partial charge >= 0.3 is 6.18 Å². The van der Waals surface area contributed by atoms with Gasteiger partial charge in [0.25, 0.3) is 0 Å². The summed E-state index contributed by atoms with van der Waals surface area (Å²) in [5, 5.41) is 2.88. The van der Waals surface area contributed by atoms with E-state index in [1.807, 2.05) is 0 Å². The van der Waals surface area contributed by atoms with Crippen LogP contribution in [0.3, 0.4) is 0 Å². The van der Waals surface area contributed by atoms with Gasteiger partial charge in [0.15, 0.2) is 0 Å². The van der Waals surface area contributed by atoms with Gasteiger partial charge in [-0.3, -0.25) is 4.79 Å². The van der Waals surface area contributed by atoms with E-state index in [0.717, 1.165) is 12.8 Å². The summed E-state index contributed by atoms with van der Waals surface area (Å²) >= 11 is 0. The Balaban J connectivity index is 1.95. The van der Waals surface area contributed by atoms with Crippen molar-refractivity contribution in [3.63, 3.8) is 0 Å². The molecule has 0 saturated heterocycles. The predicted octanol–water partition coefficient (Wildman–Crippen LogP) is 1.93. The first-order chi connectivity index (χ1) is 7.90. The highest BCUT2D eigenvalue weighted by Crippen LogP contribution is 2.25. The largest absolute Gasteiger partial charge is 0.389 e. The SMILES string of the molecule is CN(C(=O)CNCCCCC(F)(F)F)C1CC1. The van der Waals surface area contributed by atoms with Gasteiger partial charge in [-0.25, -0.2) is 0 Å². The molecule has 0 radical (unpaired) electrons. The molecular formula is C11H19F3N2O. The fraction of sp³-hybridized carbons (Fsp3) is 0.909. The van der Waals surface area contributed by atoms with Crippen LogP contribution < -0.4 is 5.32 Å². The number of rotatable bonds is 7. The molecule has 6 heteroatoms. The molecule has 0 unspecified atom stereocenters. The van der Waals surface area contributed by atoms with E-state index in [2.05, 4.69) is 5.32 Å². The second kappa shape index (κ2) is 6.23. The Labute approximate surface area is 99.4 Å². The number of halogens is 3. The number of nitrogens with zero attached hydrogens (tertiary/aromatic N) is 1. The fourth-order valence-electron chi connectivity index (χ4n) is 1.56. The Hall–Kier alpha value is -0.780. The van der Waals surface area contributed by atoms with Crippen LogP contribution >= 0.6 is 0 Å². The molecule has 3 nitrogen and oxygen atoms in total. The lowest BCUT2D eigenvalue weighted by atomic mass is 10.2. The lowest BCUT2D eigenvalue weighted by Crippen LogP contribution is -2.37. The molecule has 1 aliphatic rings. The number of amides is 1. The smallest absolute Gasteiger partial charge is 0.342 e. The summed E-state index contributed by atoms with van der Waals surface area (Å²) in [6.07, 6.45) is -2.13. The normalized spacial score (nSPS) is 16.0. The maximum Gasteiger partial charge on any atom is 0.389 e. The van der Waals surface area contributed by atoms with Crippen molar-refractivity contribution in [2.45, 2.75) is 44.3 Å². The minimum atomic E-state index is -4.07. The van der Waals surface area contributed by atoms with Crippen LogP contribution in [0.5, 0.6) is 0 Å². The van der Waals surface area contributed by atoms with Crippen LogP contribution in [0.15, 0.2) is 0 Å². The number of alkyl halides is 3. The van der Waals surface area contributed by atoms with Crippen molar-refractivity contribution < 1.29 is 18.0 Å². The van der Waals surface area contributed by atoms with E-state index in [-0.39, 0.29) is 18.9 Å². The van der Waals surface area contributed by atoms with Gasteiger partial charge in [0.2, 0.25) is 5.91 Å². The van der Waals surface area contributed by atoms with E-state index in [1.165, 1.54) is 0 Å². The van der Waals surface area contributed by atoms with Gasteiger partial charge < -0.3 is 10.2 Å². The summed E-state index contributed by atoms with van der Waals surface area (Å²) < 4.78 is 35.4. The number of unbranched alkanes of at least 4 members (excludes halogenated alkanes) is 1. The zero-order valence-electron chi connectivity index (χ0n) is 10.0. The summed E-state index contributed by atoms with van der Waals surface area (Å²) in [6, 6.07) is 0.384. The Morgan fingerprint density at radius 2 is 2.00 bits per heavy atom. The molecule has 1 N–H and O–H groups in total. The molecule has 0 aliphatic heterocycles. The van der Waals surface area contributed by atoms with E-state index in [4.69, 9.17) is 0 Å². The molecule has 1 amide bonds. The van der Waals surface area contributed by atoms with Gasteiger partial charge in [0.1, 0.15) is 0 Å². The third-order valence-corrected chi connectivity index (χ3v) is 2.83. The number of likely N-dealkylation sites (N-methyl/N-ethyl adjacent to an activating group) is 1. The summed E-state index contributed by atoms with van der Waals surface area (Å²) in [7, 11) is 1.77. The highest BCUT2D eigenvalue weighted by molar-refractivity contribution is 5.78. The first-order valence-corrected chi connectivity index (χ1v) is 5.93. The van der Waals surface area contributed by atoms with Crippen LogP contribution in [-0.4, -0.2) is 43.2 Å². The topological polar surface area (TPSA) is 32.3 Å². The number of carbonyl (C=O) groups is 1. The molecule has 100 valence electrons. The zero-order valence-corrected chi connectivity index (χ0v) is 10.0.